The van der Waals surface area contributed by atoms with E-state index in [-0.39, 0.29) is 0 Å². The molecule has 0 saturated heterocycles. The number of rotatable bonds is 3. The number of fused-ring (bicyclic) bond motifs is 1. The molecule has 0 spiro atoms. The van der Waals surface area contributed by atoms with Gasteiger partial charge >= 0.3 is 0 Å². The van der Waals surface area contributed by atoms with Crippen LogP contribution in [0, 0.1) is 6.92 Å². The second-order valence-electron chi connectivity index (χ2n) is 4.10. The quantitative estimate of drug-likeness (QED) is 0.880. The highest BCUT2D eigenvalue weighted by molar-refractivity contribution is 5.90. The van der Waals surface area contributed by atoms with Gasteiger partial charge in [0.1, 0.15) is 0 Å². The maximum Gasteiger partial charge on any atom is 0.258 e. The number of anilines is 1. The van der Waals surface area contributed by atoms with Crippen LogP contribution < -0.4 is 5.32 Å². The number of benzene rings is 1. The summed E-state index contributed by atoms with van der Waals surface area (Å²) in [4.78, 5) is 4.38. The highest BCUT2D eigenvalue weighted by atomic mass is 19.3. The van der Waals surface area contributed by atoms with E-state index in [0.29, 0.717) is 5.69 Å². The van der Waals surface area contributed by atoms with E-state index in [4.69, 9.17) is 0 Å². The summed E-state index contributed by atoms with van der Waals surface area (Å²) in [6, 6.07) is 8.48. The third-order valence-electron chi connectivity index (χ3n) is 2.62. The minimum atomic E-state index is -2.39. The summed E-state index contributed by atoms with van der Waals surface area (Å²) in [7, 11) is 0. The molecule has 1 aromatic heterocycles. The van der Waals surface area contributed by atoms with Crippen molar-refractivity contribution >= 4 is 16.6 Å². The number of para-hydroxylation sites is 1. The van der Waals surface area contributed by atoms with Crippen LogP contribution in [0.15, 0.2) is 30.3 Å². The van der Waals surface area contributed by atoms with Gasteiger partial charge in [-0.1, -0.05) is 18.2 Å². The number of aromatic nitrogens is 1. The Balaban J connectivity index is 2.43. The Hall–Kier alpha value is -1.71. The van der Waals surface area contributed by atoms with Crippen molar-refractivity contribution in [1.82, 2.24) is 4.98 Å². The summed E-state index contributed by atoms with van der Waals surface area (Å²) < 4.78 is 25.0. The zero-order chi connectivity index (χ0) is 12.4. The summed E-state index contributed by atoms with van der Waals surface area (Å²) in [5.74, 6) is 0. The molecule has 0 aliphatic rings. The monoisotopic (exact) mass is 236 g/mol. The number of hydrogen-bond acceptors (Lipinski definition) is 2. The molecule has 0 amide bonds. The molecular formula is C13H14F2N2. The van der Waals surface area contributed by atoms with Crippen molar-refractivity contribution in [1.29, 1.82) is 0 Å². The summed E-state index contributed by atoms with van der Waals surface area (Å²) in [5.41, 5.74) is 2.26. The standard InChI is InChI=1S/C13H14F2N2/c1-8-6-7-10-4-3-5-11(12(10)16-8)17-9(2)13(14)15/h3-7,9,13,17H,1-2H3. The van der Waals surface area contributed by atoms with E-state index in [1.54, 1.807) is 6.07 Å². The molecule has 0 aliphatic carbocycles. The van der Waals surface area contributed by atoms with Crippen LogP contribution >= 0.6 is 0 Å². The van der Waals surface area contributed by atoms with Gasteiger partial charge in [-0.15, -0.1) is 0 Å². The Labute approximate surface area is 98.7 Å². The highest BCUT2D eigenvalue weighted by Gasteiger charge is 2.15. The third kappa shape index (κ3) is 2.52. The molecular weight excluding hydrogens is 222 g/mol. The maximum absolute atomic E-state index is 12.5. The number of halogens is 2. The summed E-state index contributed by atoms with van der Waals surface area (Å²) in [5, 5.41) is 3.75. The molecule has 1 unspecified atom stereocenters. The molecule has 1 aromatic carbocycles. The van der Waals surface area contributed by atoms with Crippen LogP contribution in [0.2, 0.25) is 0 Å². The number of pyridine rings is 1. The number of aryl methyl sites for hydroxylation is 1. The van der Waals surface area contributed by atoms with Gasteiger partial charge in [0.2, 0.25) is 0 Å². The highest BCUT2D eigenvalue weighted by Crippen LogP contribution is 2.23. The Morgan fingerprint density at radius 2 is 1.94 bits per heavy atom. The van der Waals surface area contributed by atoms with Gasteiger partial charge in [0, 0.05) is 11.1 Å². The van der Waals surface area contributed by atoms with Crippen LogP contribution in [0.25, 0.3) is 10.9 Å². The van der Waals surface area contributed by atoms with Crippen LogP contribution in [0.1, 0.15) is 12.6 Å². The number of hydrogen-bond donors (Lipinski definition) is 1. The van der Waals surface area contributed by atoms with E-state index < -0.39 is 12.5 Å². The van der Waals surface area contributed by atoms with Crippen molar-refractivity contribution in [2.24, 2.45) is 0 Å². The van der Waals surface area contributed by atoms with Crippen molar-refractivity contribution in [3.05, 3.63) is 36.0 Å². The Morgan fingerprint density at radius 3 is 2.65 bits per heavy atom. The minimum Gasteiger partial charge on any atom is -0.375 e. The second kappa shape index (κ2) is 4.65. The van der Waals surface area contributed by atoms with Gasteiger partial charge in [0.05, 0.1) is 17.2 Å². The Kier molecular flexibility index (Phi) is 3.22. The minimum absolute atomic E-state index is 0.652. The smallest absolute Gasteiger partial charge is 0.258 e. The molecule has 0 saturated carbocycles. The van der Waals surface area contributed by atoms with Gasteiger partial charge in [0.25, 0.3) is 6.43 Å². The molecule has 1 N–H and O–H groups in total. The average Bonchev–Trinajstić information content (AvgIpc) is 2.29. The predicted molar refractivity (Wildman–Crippen MR) is 65.6 cm³/mol. The van der Waals surface area contributed by atoms with Gasteiger partial charge < -0.3 is 5.32 Å². The van der Waals surface area contributed by atoms with Crippen LogP contribution in [0.4, 0.5) is 14.5 Å². The molecule has 4 heteroatoms. The van der Waals surface area contributed by atoms with E-state index >= 15 is 0 Å². The third-order valence-corrected chi connectivity index (χ3v) is 2.62. The zero-order valence-electron chi connectivity index (χ0n) is 9.74. The lowest BCUT2D eigenvalue weighted by Gasteiger charge is -2.15. The molecule has 2 rings (SSSR count). The SMILES string of the molecule is Cc1ccc2cccc(NC(C)C(F)F)c2n1. The van der Waals surface area contributed by atoms with E-state index in [1.165, 1.54) is 6.92 Å². The number of nitrogens with one attached hydrogen (secondary N) is 1. The molecule has 0 aliphatic heterocycles. The van der Waals surface area contributed by atoms with Gasteiger partial charge in [0.15, 0.2) is 0 Å². The van der Waals surface area contributed by atoms with Crippen molar-refractivity contribution in [3.63, 3.8) is 0 Å². The largest absolute Gasteiger partial charge is 0.375 e. The van der Waals surface area contributed by atoms with Gasteiger partial charge in [-0.25, -0.2) is 8.78 Å². The van der Waals surface area contributed by atoms with E-state index in [0.717, 1.165) is 16.6 Å². The van der Waals surface area contributed by atoms with E-state index in [9.17, 15) is 8.78 Å². The lowest BCUT2D eigenvalue weighted by Crippen LogP contribution is -2.23. The molecule has 2 nitrogen and oxygen atoms in total. The summed E-state index contributed by atoms with van der Waals surface area (Å²) >= 11 is 0. The number of nitrogens with zero attached hydrogens (tertiary/aromatic N) is 1. The van der Waals surface area contributed by atoms with Crippen LogP contribution in [-0.4, -0.2) is 17.5 Å². The van der Waals surface area contributed by atoms with Crippen LogP contribution in [0.5, 0.6) is 0 Å². The molecule has 1 atom stereocenters. The van der Waals surface area contributed by atoms with E-state index in [2.05, 4.69) is 10.3 Å². The van der Waals surface area contributed by atoms with Crippen molar-refractivity contribution in [2.75, 3.05) is 5.32 Å². The first-order valence-corrected chi connectivity index (χ1v) is 5.49. The normalized spacial score (nSPS) is 13.0. The predicted octanol–water partition coefficient (Wildman–Crippen LogP) is 3.61. The van der Waals surface area contributed by atoms with Gasteiger partial charge in [-0.3, -0.25) is 4.98 Å². The summed E-state index contributed by atoms with van der Waals surface area (Å²) in [6.45, 7) is 3.34. The number of alkyl halides is 2. The maximum atomic E-state index is 12.5. The zero-order valence-corrected chi connectivity index (χ0v) is 9.74. The van der Waals surface area contributed by atoms with Gasteiger partial charge in [-0.05, 0) is 26.0 Å². The molecule has 17 heavy (non-hydrogen) atoms. The van der Waals surface area contributed by atoms with Crippen molar-refractivity contribution in [3.8, 4) is 0 Å². The fourth-order valence-electron chi connectivity index (χ4n) is 1.67. The molecule has 90 valence electrons. The van der Waals surface area contributed by atoms with Crippen molar-refractivity contribution < 1.29 is 8.78 Å². The molecule has 2 aromatic rings. The first kappa shape index (κ1) is 11.8. The average molecular weight is 236 g/mol. The lowest BCUT2D eigenvalue weighted by molar-refractivity contribution is 0.131. The Bertz CT molecular complexity index is 526. The van der Waals surface area contributed by atoms with Crippen LogP contribution in [0.3, 0.4) is 0 Å². The molecule has 0 bridgehead atoms. The van der Waals surface area contributed by atoms with Crippen LogP contribution in [-0.2, 0) is 0 Å². The first-order chi connectivity index (χ1) is 8.08. The topological polar surface area (TPSA) is 24.9 Å². The van der Waals surface area contributed by atoms with Crippen molar-refractivity contribution in [2.45, 2.75) is 26.3 Å². The fourth-order valence-corrected chi connectivity index (χ4v) is 1.67. The molecule has 0 radical (unpaired) electrons. The molecule has 1 heterocycles. The summed E-state index contributed by atoms with van der Waals surface area (Å²) in [6.07, 6.45) is -2.39. The lowest BCUT2D eigenvalue weighted by atomic mass is 10.1. The fraction of sp³-hybridized carbons (Fsp3) is 0.308. The van der Waals surface area contributed by atoms with Gasteiger partial charge in [-0.2, -0.15) is 0 Å². The van der Waals surface area contributed by atoms with E-state index in [1.807, 2.05) is 31.2 Å². The molecule has 0 fully saturated rings. The second-order valence-corrected chi connectivity index (χ2v) is 4.10. The first-order valence-electron chi connectivity index (χ1n) is 5.49. The Morgan fingerprint density at radius 1 is 1.18 bits per heavy atom.